The predicted molar refractivity (Wildman–Crippen MR) is 99.6 cm³/mol. The van der Waals surface area contributed by atoms with E-state index in [1.54, 1.807) is 48.5 Å². The second kappa shape index (κ2) is 10.2. The van der Waals surface area contributed by atoms with E-state index in [-0.39, 0.29) is 12.5 Å². The van der Waals surface area contributed by atoms with E-state index in [0.29, 0.717) is 22.9 Å². The maximum atomic E-state index is 11.9. The van der Waals surface area contributed by atoms with Crippen molar-refractivity contribution in [2.24, 2.45) is 0 Å². The van der Waals surface area contributed by atoms with E-state index in [2.05, 4.69) is 10.6 Å². The molecular formula is C19H19ClN2O5. The molecule has 27 heavy (non-hydrogen) atoms. The topological polar surface area (TPSA) is 93.7 Å². The summed E-state index contributed by atoms with van der Waals surface area (Å²) < 4.78 is 10.5. The Labute approximate surface area is 161 Å². The normalized spacial score (nSPS) is 10.0. The molecule has 2 aromatic rings. The first-order valence-electron chi connectivity index (χ1n) is 8.09. The van der Waals surface area contributed by atoms with E-state index in [9.17, 15) is 14.4 Å². The summed E-state index contributed by atoms with van der Waals surface area (Å²) in [7, 11) is 1.46. The van der Waals surface area contributed by atoms with E-state index in [1.807, 2.05) is 0 Å². The van der Waals surface area contributed by atoms with Crippen LogP contribution >= 0.6 is 11.6 Å². The van der Waals surface area contributed by atoms with Gasteiger partial charge < -0.3 is 20.1 Å². The van der Waals surface area contributed by atoms with E-state index < -0.39 is 18.5 Å². The summed E-state index contributed by atoms with van der Waals surface area (Å²) in [5.41, 5.74) is 1.18. The minimum absolute atomic E-state index is 0.171. The molecule has 2 amide bonds. The minimum Gasteiger partial charge on any atom is -0.489 e. The van der Waals surface area contributed by atoms with Crippen molar-refractivity contribution >= 4 is 29.4 Å². The third-order valence-corrected chi connectivity index (χ3v) is 3.72. The maximum absolute atomic E-state index is 11.9. The smallest absolute Gasteiger partial charge is 0.338 e. The van der Waals surface area contributed by atoms with Gasteiger partial charge in [-0.25, -0.2) is 4.79 Å². The molecule has 2 N–H and O–H groups in total. The van der Waals surface area contributed by atoms with Crippen LogP contribution in [0.2, 0.25) is 5.02 Å². The summed E-state index contributed by atoms with van der Waals surface area (Å²) in [5.74, 6) is -0.841. The molecule has 0 saturated heterocycles. The molecule has 0 spiro atoms. The second-order valence-corrected chi connectivity index (χ2v) is 5.90. The summed E-state index contributed by atoms with van der Waals surface area (Å²) in [4.78, 5) is 34.5. The third-order valence-electron chi connectivity index (χ3n) is 3.47. The van der Waals surface area contributed by atoms with Gasteiger partial charge in [0.25, 0.3) is 5.91 Å². The Balaban J connectivity index is 1.78. The monoisotopic (exact) mass is 390 g/mol. The van der Waals surface area contributed by atoms with Gasteiger partial charge in [-0.1, -0.05) is 23.7 Å². The van der Waals surface area contributed by atoms with Gasteiger partial charge in [0, 0.05) is 12.1 Å². The number of likely N-dealkylation sites (N-methyl/N-ethyl adjacent to an activating group) is 1. The van der Waals surface area contributed by atoms with Crippen molar-refractivity contribution in [2.45, 2.75) is 6.61 Å². The zero-order chi connectivity index (χ0) is 19.6. The average Bonchev–Trinajstić information content (AvgIpc) is 2.70. The number of benzene rings is 2. The lowest BCUT2D eigenvalue weighted by Crippen LogP contribution is -2.37. The molecule has 0 aliphatic heterocycles. The van der Waals surface area contributed by atoms with Gasteiger partial charge in [0.1, 0.15) is 12.4 Å². The first kappa shape index (κ1) is 20.3. The number of hydrogen-bond acceptors (Lipinski definition) is 5. The number of halogens is 1. The van der Waals surface area contributed by atoms with Crippen molar-refractivity contribution in [1.82, 2.24) is 10.6 Å². The van der Waals surface area contributed by atoms with Crippen LogP contribution < -0.4 is 15.4 Å². The average molecular weight is 391 g/mol. The Morgan fingerprint density at radius 3 is 2.26 bits per heavy atom. The Morgan fingerprint density at radius 2 is 1.63 bits per heavy atom. The molecule has 0 aliphatic carbocycles. The van der Waals surface area contributed by atoms with E-state index in [0.717, 1.165) is 5.56 Å². The quantitative estimate of drug-likeness (QED) is 0.672. The lowest BCUT2D eigenvalue weighted by Gasteiger charge is -2.08. The van der Waals surface area contributed by atoms with Gasteiger partial charge in [-0.3, -0.25) is 9.59 Å². The van der Waals surface area contributed by atoms with Crippen LogP contribution in [0.3, 0.4) is 0 Å². The summed E-state index contributed by atoms with van der Waals surface area (Å²) in [6.07, 6.45) is 0. The summed E-state index contributed by atoms with van der Waals surface area (Å²) in [5, 5.41) is 5.33. The number of carbonyl (C=O) groups excluding carboxylic acids is 3. The number of rotatable bonds is 8. The van der Waals surface area contributed by atoms with Crippen LogP contribution in [0.1, 0.15) is 15.9 Å². The fraction of sp³-hybridized carbons (Fsp3) is 0.211. The molecule has 0 radical (unpaired) electrons. The fourth-order valence-electron chi connectivity index (χ4n) is 1.97. The van der Waals surface area contributed by atoms with Crippen molar-refractivity contribution in [3.63, 3.8) is 0 Å². The molecule has 0 bridgehead atoms. The van der Waals surface area contributed by atoms with Crippen LogP contribution in [-0.2, 0) is 20.9 Å². The lowest BCUT2D eigenvalue weighted by atomic mass is 10.1. The number of carbonyl (C=O) groups is 3. The maximum Gasteiger partial charge on any atom is 0.338 e. The molecule has 0 fully saturated rings. The zero-order valence-corrected chi connectivity index (χ0v) is 15.4. The van der Waals surface area contributed by atoms with Crippen LogP contribution in [0, 0.1) is 0 Å². The second-order valence-electron chi connectivity index (χ2n) is 5.47. The zero-order valence-electron chi connectivity index (χ0n) is 14.7. The number of amides is 2. The minimum atomic E-state index is -0.629. The van der Waals surface area contributed by atoms with Crippen LogP contribution in [0.4, 0.5) is 0 Å². The van der Waals surface area contributed by atoms with Crippen LogP contribution in [-0.4, -0.2) is 38.0 Å². The van der Waals surface area contributed by atoms with E-state index in [1.165, 1.54) is 7.05 Å². The van der Waals surface area contributed by atoms with Crippen LogP contribution in [0.15, 0.2) is 48.5 Å². The lowest BCUT2D eigenvalue weighted by molar-refractivity contribution is -0.127. The molecular weight excluding hydrogens is 372 g/mol. The first-order chi connectivity index (χ1) is 13.0. The van der Waals surface area contributed by atoms with Gasteiger partial charge in [-0.15, -0.1) is 0 Å². The highest BCUT2D eigenvalue weighted by atomic mass is 35.5. The first-order valence-corrected chi connectivity index (χ1v) is 8.47. The largest absolute Gasteiger partial charge is 0.489 e. The van der Waals surface area contributed by atoms with Gasteiger partial charge >= 0.3 is 5.97 Å². The van der Waals surface area contributed by atoms with E-state index in [4.69, 9.17) is 21.1 Å². The Bertz CT molecular complexity index is 791. The molecule has 142 valence electrons. The number of hydrogen-bond donors (Lipinski definition) is 2. The fourth-order valence-corrected chi connectivity index (χ4v) is 2.09. The number of nitrogens with one attached hydrogen (secondary N) is 2. The summed E-state index contributed by atoms with van der Waals surface area (Å²) in [6, 6.07) is 13.7. The van der Waals surface area contributed by atoms with Gasteiger partial charge in [0.15, 0.2) is 6.61 Å². The van der Waals surface area contributed by atoms with Crippen molar-refractivity contribution in [2.75, 3.05) is 20.2 Å². The number of ether oxygens (including phenoxy) is 2. The van der Waals surface area contributed by atoms with Crippen molar-refractivity contribution in [1.29, 1.82) is 0 Å². The molecule has 7 nitrogen and oxygen atoms in total. The molecule has 2 aromatic carbocycles. The van der Waals surface area contributed by atoms with Crippen molar-refractivity contribution in [3.05, 3.63) is 64.7 Å². The van der Waals surface area contributed by atoms with Crippen molar-refractivity contribution in [3.8, 4) is 5.75 Å². The van der Waals surface area contributed by atoms with Crippen LogP contribution in [0.5, 0.6) is 5.75 Å². The number of esters is 1. The highest BCUT2D eigenvalue weighted by Gasteiger charge is 2.11. The third kappa shape index (κ3) is 6.99. The van der Waals surface area contributed by atoms with Gasteiger partial charge in [-0.2, -0.15) is 0 Å². The molecule has 0 atom stereocenters. The molecule has 0 aliphatic rings. The van der Waals surface area contributed by atoms with Gasteiger partial charge in [-0.05, 0) is 42.0 Å². The summed E-state index contributed by atoms with van der Waals surface area (Å²) >= 11 is 5.82. The standard InChI is InChI=1S/C19H19ClN2O5/c1-21-17(23)10-22-18(24)12-27-19(25)14-4-2-13(3-5-14)11-26-16-8-6-15(20)7-9-16/h2-9H,10-12H2,1H3,(H,21,23)(H,22,24). The van der Waals surface area contributed by atoms with Crippen LogP contribution in [0.25, 0.3) is 0 Å². The predicted octanol–water partition coefficient (Wildman–Crippen LogP) is 1.94. The Hall–Kier alpha value is -3.06. The SMILES string of the molecule is CNC(=O)CNC(=O)COC(=O)c1ccc(COc2ccc(Cl)cc2)cc1. The van der Waals surface area contributed by atoms with Gasteiger partial charge in [0.2, 0.25) is 5.91 Å². The molecule has 0 saturated carbocycles. The Kier molecular flexibility index (Phi) is 7.63. The molecule has 0 unspecified atom stereocenters. The van der Waals surface area contributed by atoms with Gasteiger partial charge in [0.05, 0.1) is 12.1 Å². The highest BCUT2D eigenvalue weighted by molar-refractivity contribution is 6.30. The Morgan fingerprint density at radius 1 is 0.963 bits per heavy atom. The molecule has 8 heteroatoms. The summed E-state index contributed by atoms with van der Waals surface area (Å²) in [6.45, 7) is -0.300. The molecule has 0 aromatic heterocycles. The van der Waals surface area contributed by atoms with E-state index >= 15 is 0 Å². The van der Waals surface area contributed by atoms with Crippen molar-refractivity contribution < 1.29 is 23.9 Å². The highest BCUT2D eigenvalue weighted by Crippen LogP contribution is 2.17. The molecule has 0 heterocycles. The molecule has 2 rings (SSSR count).